The van der Waals surface area contributed by atoms with Crippen LogP contribution < -0.4 is 11.1 Å². The number of hydrogen-bond donors (Lipinski definition) is 3. The summed E-state index contributed by atoms with van der Waals surface area (Å²) in [5.41, 5.74) is 10.5. The van der Waals surface area contributed by atoms with Gasteiger partial charge in [-0.1, -0.05) is 34.8 Å². The Morgan fingerprint density at radius 2 is 1.77 bits per heavy atom. The zero-order valence-corrected chi connectivity index (χ0v) is 15.9. The number of nitrogens with one attached hydrogen (secondary N) is 2. The molecule has 0 spiro atoms. The normalized spacial score (nSPS) is 11.4. The maximum atomic E-state index is 6.24. The molecule has 2 aromatic heterocycles. The fraction of sp³-hybridized carbons (Fsp3) is 0.105. The third kappa shape index (κ3) is 3.10. The highest BCUT2D eigenvalue weighted by atomic mass is 35.5. The summed E-state index contributed by atoms with van der Waals surface area (Å²) in [6.45, 7) is 0.547. The first kappa shape index (κ1) is 17.4. The van der Waals surface area contributed by atoms with Gasteiger partial charge in [0.05, 0.1) is 15.7 Å². The van der Waals surface area contributed by atoms with Crippen molar-refractivity contribution in [1.82, 2.24) is 9.97 Å². The standard InChI is InChI=1S/C19H15Cl3N4/c20-11-1-2-17-13(6-11)14-7-12(5-10(3-4-23)18(14)26-17)25-19-15(21)8-24-9-16(19)22/h1-2,5-9,26H,3-4,23H2,(H,24,25). The molecule has 0 amide bonds. The van der Waals surface area contributed by atoms with Gasteiger partial charge < -0.3 is 16.0 Å². The summed E-state index contributed by atoms with van der Waals surface area (Å²) in [6, 6.07) is 9.92. The minimum atomic E-state index is 0.458. The van der Waals surface area contributed by atoms with Crippen LogP contribution in [0.15, 0.2) is 42.7 Å². The van der Waals surface area contributed by atoms with Crippen LogP contribution in [0.3, 0.4) is 0 Å². The predicted octanol–water partition coefficient (Wildman–Crippen LogP) is 5.92. The lowest BCUT2D eigenvalue weighted by atomic mass is 10.0. The summed E-state index contributed by atoms with van der Waals surface area (Å²) >= 11 is 18.7. The number of H-pyrrole nitrogens is 1. The van der Waals surface area contributed by atoms with Gasteiger partial charge in [0.15, 0.2) is 0 Å². The van der Waals surface area contributed by atoms with Crippen LogP contribution in [0.4, 0.5) is 11.4 Å². The molecule has 0 unspecified atom stereocenters. The van der Waals surface area contributed by atoms with E-state index in [9.17, 15) is 0 Å². The Bertz CT molecular complexity index is 1100. The lowest BCUT2D eigenvalue weighted by molar-refractivity contribution is 0.975. The van der Waals surface area contributed by atoms with E-state index in [2.05, 4.69) is 27.4 Å². The summed E-state index contributed by atoms with van der Waals surface area (Å²) in [5.74, 6) is 0. The number of benzene rings is 2. The average Bonchev–Trinajstić information content (AvgIpc) is 2.97. The van der Waals surface area contributed by atoms with Crippen molar-refractivity contribution >= 4 is 68.0 Å². The van der Waals surface area contributed by atoms with E-state index < -0.39 is 0 Å². The smallest absolute Gasteiger partial charge is 0.0839 e. The molecule has 0 radical (unpaired) electrons. The van der Waals surface area contributed by atoms with Gasteiger partial charge in [-0.2, -0.15) is 0 Å². The molecule has 0 atom stereocenters. The Labute approximate surface area is 165 Å². The van der Waals surface area contributed by atoms with Crippen molar-refractivity contribution in [3.05, 3.63) is 63.4 Å². The number of halogens is 3. The van der Waals surface area contributed by atoms with Crippen molar-refractivity contribution in [3.63, 3.8) is 0 Å². The van der Waals surface area contributed by atoms with E-state index in [1.165, 1.54) is 0 Å². The molecule has 4 aromatic rings. The lowest BCUT2D eigenvalue weighted by Gasteiger charge is -2.12. The van der Waals surface area contributed by atoms with Crippen LogP contribution in [-0.2, 0) is 6.42 Å². The molecule has 7 heteroatoms. The minimum Gasteiger partial charge on any atom is -0.354 e. The number of rotatable bonds is 4. The lowest BCUT2D eigenvalue weighted by Crippen LogP contribution is -2.04. The van der Waals surface area contributed by atoms with Gasteiger partial charge in [-0.25, -0.2) is 0 Å². The van der Waals surface area contributed by atoms with Gasteiger partial charge in [0.25, 0.3) is 0 Å². The van der Waals surface area contributed by atoms with Crippen LogP contribution in [0.1, 0.15) is 5.56 Å². The van der Waals surface area contributed by atoms with E-state index in [1.54, 1.807) is 12.4 Å². The number of nitrogens with zero attached hydrogens (tertiary/aromatic N) is 1. The van der Waals surface area contributed by atoms with Crippen LogP contribution in [0.2, 0.25) is 15.1 Å². The molecule has 4 rings (SSSR count). The molecule has 4 N–H and O–H groups in total. The van der Waals surface area contributed by atoms with Crippen molar-refractivity contribution in [1.29, 1.82) is 0 Å². The third-order valence-electron chi connectivity index (χ3n) is 4.29. The van der Waals surface area contributed by atoms with Gasteiger partial charge in [-0.05, 0) is 48.9 Å². The van der Waals surface area contributed by atoms with Crippen molar-refractivity contribution in [3.8, 4) is 0 Å². The van der Waals surface area contributed by atoms with Gasteiger partial charge in [0.2, 0.25) is 0 Å². The number of aromatic amines is 1. The summed E-state index contributed by atoms with van der Waals surface area (Å²) in [7, 11) is 0. The van der Waals surface area contributed by atoms with E-state index in [1.807, 2.05) is 18.2 Å². The van der Waals surface area contributed by atoms with E-state index in [4.69, 9.17) is 40.5 Å². The summed E-state index contributed by atoms with van der Waals surface area (Å²) in [4.78, 5) is 7.45. The minimum absolute atomic E-state index is 0.458. The van der Waals surface area contributed by atoms with Gasteiger partial charge in [0.1, 0.15) is 0 Å². The molecule has 2 heterocycles. The highest BCUT2D eigenvalue weighted by Gasteiger charge is 2.13. The molecule has 4 nitrogen and oxygen atoms in total. The van der Waals surface area contributed by atoms with Crippen LogP contribution in [0.25, 0.3) is 21.8 Å². The first-order valence-corrected chi connectivity index (χ1v) is 9.20. The fourth-order valence-electron chi connectivity index (χ4n) is 3.15. The SMILES string of the molecule is NCCc1cc(Nc2c(Cl)cncc2Cl)cc2c1[nH]c1ccc(Cl)cc12. The van der Waals surface area contributed by atoms with Crippen molar-refractivity contribution in [2.24, 2.45) is 5.73 Å². The number of aromatic nitrogens is 2. The van der Waals surface area contributed by atoms with Crippen molar-refractivity contribution < 1.29 is 0 Å². The maximum Gasteiger partial charge on any atom is 0.0839 e. The molecular formula is C19H15Cl3N4. The first-order chi connectivity index (χ1) is 12.6. The van der Waals surface area contributed by atoms with E-state index in [-0.39, 0.29) is 0 Å². The van der Waals surface area contributed by atoms with Crippen molar-refractivity contribution in [2.75, 3.05) is 11.9 Å². The number of nitrogens with two attached hydrogens (primary N) is 1. The highest BCUT2D eigenvalue weighted by Crippen LogP contribution is 2.36. The molecule has 0 aliphatic carbocycles. The summed E-state index contributed by atoms with van der Waals surface area (Å²) in [6.07, 6.45) is 3.85. The summed E-state index contributed by atoms with van der Waals surface area (Å²) < 4.78 is 0. The van der Waals surface area contributed by atoms with E-state index in [0.717, 1.165) is 39.5 Å². The number of hydrogen-bond acceptors (Lipinski definition) is 3. The second-order valence-electron chi connectivity index (χ2n) is 6.01. The third-order valence-corrected chi connectivity index (χ3v) is 5.10. The molecule has 26 heavy (non-hydrogen) atoms. The molecule has 0 bridgehead atoms. The monoisotopic (exact) mass is 404 g/mol. The Balaban J connectivity index is 1.92. The Kier molecular flexibility index (Phi) is 4.67. The van der Waals surface area contributed by atoms with Gasteiger partial charge in [-0.3, -0.25) is 4.98 Å². The van der Waals surface area contributed by atoms with E-state index in [0.29, 0.717) is 27.3 Å². The second kappa shape index (κ2) is 6.97. The Morgan fingerprint density at radius 1 is 1.00 bits per heavy atom. The molecular weight excluding hydrogens is 391 g/mol. The molecule has 0 aliphatic heterocycles. The quantitative estimate of drug-likeness (QED) is 0.395. The number of anilines is 2. The van der Waals surface area contributed by atoms with Crippen LogP contribution >= 0.6 is 34.8 Å². The molecule has 0 fully saturated rings. The molecule has 132 valence electrons. The molecule has 0 saturated carbocycles. The topological polar surface area (TPSA) is 66.7 Å². The zero-order chi connectivity index (χ0) is 18.3. The zero-order valence-electron chi connectivity index (χ0n) is 13.6. The first-order valence-electron chi connectivity index (χ1n) is 8.07. The van der Waals surface area contributed by atoms with E-state index >= 15 is 0 Å². The maximum absolute atomic E-state index is 6.24. The van der Waals surface area contributed by atoms with Crippen LogP contribution in [0.5, 0.6) is 0 Å². The summed E-state index contributed by atoms with van der Waals surface area (Å²) in [5, 5.41) is 7.04. The highest BCUT2D eigenvalue weighted by molar-refractivity contribution is 6.39. The van der Waals surface area contributed by atoms with Gasteiger partial charge in [-0.15, -0.1) is 0 Å². The Morgan fingerprint density at radius 3 is 2.50 bits per heavy atom. The average molecular weight is 406 g/mol. The molecule has 0 aliphatic rings. The van der Waals surface area contributed by atoms with Gasteiger partial charge in [0, 0.05) is 44.9 Å². The van der Waals surface area contributed by atoms with Crippen LogP contribution in [-0.4, -0.2) is 16.5 Å². The number of fused-ring (bicyclic) bond motifs is 3. The number of pyridine rings is 1. The Hall–Kier alpha value is -1.98. The fourth-order valence-corrected chi connectivity index (χ4v) is 3.78. The largest absolute Gasteiger partial charge is 0.354 e. The predicted molar refractivity (Wildman–Crippen MR) is 111 cm³/mol. The van der Waals surface area contributed by atoms with Gasteiger partial charge >= 0.3 is 0 Å². The van der Waals surface area contributed by atoms with Crippen molar-refractivity contribution in [2.45, 2.75) is 6.42 Å². The molecule has 2 aromatic carbocycles. The molecule has 0 saturated heterocycles. The van der Waals surface area contributed by atoms with Crippen LogP contribution in [0, 0.1) is 0 Å². The second-order valence-corrected chi connectivity index (χ2v) is 7.27.